The zero-order chi connectivity index (χ0) is 21.8. The van der Waals surface area contributed by atoms with Crippen LogP contribution in [-0.4, -0.2) is 70.9 Å². The number of nitrogens with zero attached hydrogens (tertiary/aromatic N) is 4. The van der Waals surface area contributed by atoms with E-state index in [1.165, 1.54) is 0 Å². The fourth-order valence-electron chi connectivity index (χ4n) is 3.96. The molecule has 0 radical (unpaired) electrons. The molecule has 6 nitrogen and oxygen atoms in total. The summed E-state index contributed by atoms with van der Waals surface area (Å²) in [7, 11) is 0. The lowest BCUT2D eigenvalue weighted by Crippen LogP contribution is -2.36. The van der Waals surface area contributed by atoms with Crippen molar-refractivity contribution in [2.24, 2.45) is 0 Å². The molecule has 0 atom stereocenters. The number of likely N-dealkylation sites (N-methyl/N-ethyl adjacent to an activating group) is 1. The van der Waals surface area contributed by atoms with Crippen LogP contribution < -0.4 is 0 Å². The summed E-state index contributed by atoms with van der Waals surface area (Å²) < 4.78 is 7.59. The zero-order valence-electron chi connectivity index (χ0n) is 18.2. The fourth-order valence-corrected chi connectivity index (χ4v) is 4.09. The average molecular weight is 441 g/mol. The molecule has 1 aliphatic rings. The Kier molecular flexibility index (Phi) is 7.02. The summed E-state index contributed by atoms with van der Waals surface area (Å²) in [6.07, 6.45) is 1.95. The molecule has 31 heavy (non-hydrogen) atoms. The molecule has 0 amide bonds. The maximum Gasteiger partial charge on any atom is 0.178 e. The van der Waals surface area contributed by atoms with Gasteiger partial charge in [-0.2, -0.15) is 0 Å². The maximum atomic E-state index is 12.9. The average Bonchev–Trinajstić information content (AvgIpc) is 3.16. The quantitative estimate of drug-likeness (QED) is 0.495. The van der Waals surface area contributed by atoms with Crippen LogP contribution in [0, 0.1) is 0 Å². The molecule has 0 unspecified atom stereocenters. The Labute approximate surface area is 188 Å². The number of Topliss-reactive ketones (excluding diaryl/α,β-unsaturated/α-hetero) is 1. The molecular weight excluding hydrogens is 412 g/mol. The van der Waals surface area contributed by atoms with Gasteiger partial charge in [0.1, 0.15) is 5.65 Å². The Balaban J connectivity index is 1.74. The molecule has 1 aromatic carbocycles. The van der Waals surface area contributed by atoms with Crippen LogP contribution in [0.5, 0.6) is 0 Å². The van der Waals surface area contributed by atoms with Crippen LogP contribution in [0.15, 0.2) is 42.6 Å². The van der Waals surface area contributed by atoms with Crippen molar-refractivity contribution in [3.63, 3.8) is 0 Å². The minimum atomic E-state index is 0.129. The highest BCUT2D eigenvalue weighted by molar-refractivity contribution is 6.30. The lowest BCUT2D eigenvalue weighted by atomic mass is 10.1. The van der Waals surface area contributed by atoms with Crippen LogP contribution in [0.25, 0.3) is 16.9 Å². The van der Waals surface area contributed by atoms with Crippen LogP contribution in [0.3, 0.4) is 0 Å². The van der Waals surface area contributed by atoms with E-state index >= 15 is 0 Å². The highest BCUT2D eigenvalue weighted by Crippen LogP contribution is 2.27. The number of ether oxygens (including phenoxy) is 1. The minimum Gasteiger partial charge on any atom is -0.379 e. The predicted molar refractivity (Wildman–Crippen MR) is 124 cm³/mol. The fraction of sp³-hybridized carbons (Fsp3) is 0.417. The third-order valence-electron chi connectivity index (χ3n) is 5.90. The number of hydrogen-bond acceptors (Lipinski definition) is 5. The van der Waals surface area contributed by atoms with Gasteiger partial charge in [0, 0.05) is 42.0 Å². The van der Waals surface area contributed by atoms with Gasteiger partial charge in [-0.15, -0.1) is 0 Å². The molecule has 1 fully saturated rings. The van der Waals surface area contributed by atoms with E-state index in [0.717, 1.165) is 68.5 Å². The van der Waals surface area contributed by atoms with Gasteiger partial charge in [0.05, 0.1) is 31.1 Å². The van der Waals surface area contributed by atoms with E-state index < -0.39 is 0 Å². The summed E-state index contributed by atoms with van der Waals surface area (Å²) in [5.74, 6) is 0.129. The van der Waals surface area contributed by atoms with Crippen LogP contribution in [0.1, 0.15) is 29.9 Å². The number of imidazole rings is 1. The van der Waals surface area contributed by atoms with Gasteiger partial charge in [0.25, 0.3) is 0 Å². The van der Waals surface area contributed by atoms with Crippen molar-refractivity contribution in [2.75, 3.05) is 45.9 Å². The van der Waals surface area contributed by atoms with Crippen molar-refractivity contribution in [1.82, 2.24) is 19.2 Å². The number of hydrogen-bond donors (Lipinski definition) is 0. The van der Waals surface area contributed by atoms with E-state index in [4.69, 9.17) is 21.3 Å². The van der Waals surface area contributed by atoms with E-state index in [-0.39, 0.29) is 5.78 Å². The van der Waals surface area contributed by atoms with Gasteiger partial charge < -0.3 is 9.14 Å². The van der Waals surface area contributed by atoms with E-state index in [9.17, 15) is 4.79 Å². The molecule has 1 aliphatic heterocycles. The lowest BCUT2D eigenvalue weighted by Gasteiger charge is -2.26. The Morgan fingerprint density at radius 3 is 2.48 bits per heavy atom. The van der Waals surface area contributed by atoms with Gasteiger partial charge in [0.2, 0.25) is 0 Å². The van der Waals surface area contributed by atoms with Gasteiger partial charge in [-0.3, -0.25) is 14.6 Å². The molecule has 0 N–H and O–H groups in total. The van der Waals surface area contributed by atoms with Gasteiger partial charge >= 0.3 is 0 Å². The highest BCUT2D eigenvalue weighted by Gasteiger charge is 2.20. The third-order valence-corrected chi connectivity index (χ3v) is 6.15. The van der Waals surface area contributed by atoms with Crippen molar-refractivity contribution in [3.8, 4) is 11.3 Å². The second-order valence-electron chi connectivity index (χ2n) is 7.83. The molecule has 3 aromatic rings. The number of ketones is 1. The van der Waals surface area contributed by atoms with Crippen LogP contribution in [0.2, 0.25) is 5.02 Å². The molecule has 1 saturated heterocycles. The first-order chi connectivity index (χ1) is 15.1. The van der Waals surface area contributed by atoms with Gasteiger partial charge in [0.15, 0.2) is 5.78 Å². The standard InChI is InChI=1S/C24H29ClN4O2/c1-3-27(4-2)17-22(30)19-7-10-23-26-24(18-5-8-20(25)9-6-18)21(29(23)15-19)16-28-11-13-31-14-12-28/h5-10,15H,3-4,11-14,16-17H2,1-2H3. The van der Waals surface area contributed by atoms with E-state index in [0.29, 0.717) is 17.1 Å². The van der Waals surface area contributed by atoms with Gasteiger partial charge in [-0.25, -0.2) is 4.98 Å². The van der Waals surface area contributed by atoms with Crippen molar-refractivity contribution < 1.29 is 9.53 Å². The Hall–Kier alpha value is -2.25. The van der Waals surface area contributed by atoms with Crippen molar-refractivity contribution in [3.05, 3.63) is 58.9 Å². The summed E-state index contributed by atoms with van der Waals surface area (Å²) in [6, 6.07) is 11.6. The first kappa shape index (κ1) is 22.0. The summed E-state index contributed by atoms with van der Waals surface area (Å²) in [4.78, 5) is 22.3. The predicted octanol–water partition coefficient (Wildman–Crippen LogP) is 4.01. The summed E-state index contributed by atoms with van der Waals surface area (Å²) in [6.45, 7) is 10.3. The molecule has 164 valence electrons. The number of carbonyl (C=O) groups excluding carboxylic acids is 1. The molecule has 0 spiro atoms. The molecule has 3 heterocycles. The molecule has 2 aromatic heterocycles. The maximum absolute atomic E-state index is 12.9. The Bertz CT molecular complexity index is 1040. The monoisotopic (exact) mass is 440 g/mol. The van der Waals surface area contributed by atoms with Crippen LogP contribution in [-0.2, 0) is 11.3 Å². The molecule has 7 heteroatoms. The largest absolute Gasteiger partial charge is 0.379 e. The lowest BCUT2D eigenvalue weighted by molar-refractivity contribution is 0.0336. The first-order valence-electron chi connectivity index (χ1n) is 10.9. The number of halogens is 1. The van der Waals surface area contributed by atoms with Crippen LogP contribution in [0.4, 0.5) is 0 Å². The van der Waals surface area contributed by atoms with Crippen LogP contribution >= 0.6 is 11.6 Å². The normalized spacial score (nSPS) is 15.1. The molecular formula is C24H29ClN4O2. The van der Waals surface area contributed by atoms with E-state index in [1.54, 1.807) is 0 Å². The molecule has 0 saturated carbocycles. The van der Waals surface area contributed by atoms with Crippen molar-refractivity contribution >= 4 is 23.0 Å². The number of benzene rings is 1. The Morgan fingerprint density at radius 1 is 1.10 bits per heavy atom. The Morgan fingerprint density at radius 2 is 1.81 bits per heavy atom. The second-order valence-corrected chi connectivity index (χ2v) is 8.27. The minimum absolute atomic E-state index is 0.129. The number of pyridine rings is 1. The van der Waals surface area contributed by atoms with Gasteiger partial charge in [-0.1, -0.05) is 37.6 Å². The molecule has 4 rings (SSSR count). The van der Waals surface area contributed by atoms with Crippen molar-refractivity contribution in [1.29, 1.82) is 0 Å². The number of rotatable bonds is 8. The summed E-state index contributed by atoms with van der Waals surface area (Å²) in [5.41, 5.74) is 4.58. The van der Waals surface area contributed by atoms with E-state index in [2.05, 4.69) is 28.0 Å². The number of fused-ring (bicyclic) bond motifs is 1. The highest BCUT2D eigenvalue weighted by atomic mass is 35.5. The number of carbonyl (C=O) groups is 1. The molecule has 0 aliphatic carbocycles. The topological polar surface area (TPSA) is 50.1 Å². The summed E-state index contributed by atoms with van der Waals surface area (Å²) in [5, 5.41) is 0.700. The summed E-state index contributed by atoms with van der Waals surface area (Å²) >= 11 is 6.11. The second kappa shape index (κ2) is 9.92. The van der Waals surface area contributed by atoms with E-state index in [1.807, 2.05) is 42.6 Å². The number of morpholine rings is 1. The smallest absolute Gasteiger partial charge is 0.178 e. The third kappa shape index (κ3) is 4.99. The SMILES string of the molecule is CCN(CC)CC(=O)c1ccc2nc(-c3ccc(Cl)cc3)c(CN3CCOCC3)n2c1. The zero-order valence-corrected chi connectivity index (χ0v) is 18.9. The molecule has 0 bridgehead atoms. The number of aromatic nitrogens is 2. The van der Waals surface area contributed by atoms with Crippen molar-refractivity contribution in [2.45, 2.75) is 20.4 Å². The first-order valence-corrected chi connectivity index (χ1v) is 11.3. The van der Waals surface area contributed by atoms with Gasteiger partial charge in [-0.05, 0) is 37.4 Å².